The number of para-hydroxylation sites is 2. The predicted molar refractivity (Wildman–Crippen MR) is 85.5 cm³/mol. The van der Waals surface area contributed by atoms with Gasteiger partial charge in [0.2, 0.25) is 0 Å². The van der Waals surface area contributed by atoms with Gasteiger partial charge in [0.25, 0.3) is 0 Å². The van der Waals surface area contributed by atoms with Crippen molar-refractivity contribution in [3.63, 3.8) is 0 Å². The number of aryl methyl sites for hydroxylation is 1. The highest BCUT2D eigenvalue weighted by Crippen LogP contribution is 2.27. The molecule has 1 aromatic heterocycles. The number of nitrogens with one attached hydrogen (secondary N) is 1. The van der Waals surface area contributed by atoms with Crippen molar-refractivity contribution in [2.24, 2.45) is 0 Å². The second kappa shape index (κ2) is 5.43. The van der Waals surface area contributed by atoms with E-state index in [4.69, 9.17) is 0 Å². The van der Waals surface area contributed by atoms with Crippen LogP contribution in [0, 0.1) is 6.92 Å². The van der Waals surface area contributed by atoms with Gasteiger partial charge in [-0.2, -0.15) is 0 Å². The summed E-state index contributed by atoms with van der Waals surface area (Å²) in [7, 11) is 0. The SMILES string of the molecule is Cc1nc2ccccc2n1CCNC1CCN2CCCC12. The van der Waals surface area contributed by atoms with Crippen LogP contribution >= 0.6 is 0 Å². The van der Waals surface area contributed by atoms with Crippen LogP contribution in [0.2, 0.25) is 0 Å². The molecule has 0 amide bonds. The molecule has 1 aromatic carbocycles. The molecule has 4 heteroatoms. The Bertz CT molecular complexity index is 633. The molecule has 4 rings (SSSR count). The lowest BCUT2D eigenvalue weighted by Crippen LogP contribution is -2.40. The van der Waals surface area contributed by atoms with Gasteiger partial charge in [0.1, 0.15) is 5.82 Å². The molecule has 21 heavy (non-hydrogen) atoms. The molecule has 2 aliphatic rings. The number of rotatable bonds is 4. The molecular weight excluding hydrogens is 260 g/mol. The highest BCUT2D eigenvalue weighted by Gasteiger charge is 2.36. The number of hydrogen-bond acceptors (Lipinski definition) is 3. The largest absolute Gasteiger partial charge is 0.327 e. The average Bonchev–Trinajstić information content (AvgIpc) is 3.15. The van der Waals surface area contributed by atoms with Gasteiger partial charge in [-0.25, -0.2) is 4.98 Å². The minimum atomic E-state index is 0.697. The molecule has 0 spiro atoms. The van der Waals surface area contributed by atoms with E-state index in [1.165, 1.54) is 37.9 Å². The van der Waals surface area contributed by atoms with Crippen LogP contribution in [0.4, 0.5) is 0 Å². The van der Waals surface area contributed by atoms with Crippen molar-refractivity contribution in [3.8, 4) is 0 Å². The number of aromatic nitrogens is 2. The van der Waals surface area contributed by atoms with E-state index >= 15 is 0 Å². The average molecular weight is 284 g/mol. The topological polar surface area (TPSA) is 33.1 Å². The summed E-state index contributed by atoms with van der Waals surface area (Å²) in [5, 5.41) is 3.79. The lowest BCUT2D eigenvalue weighted by atomic mass is 10.1. The summed E-state index contributed by atoms with van der Waals surface area (Å²) in [6.07, 6.45) is 4.08. The van der Waals surface area contributed by atoms with Gasteiger partial charge < -0.3 is 9.88 Å². The second-order valence-corrected chi connectivity index (χ2v) is 6.39. The zero-order valence-corrected chi connectivity index (χ0v) is 12.8. The number of hydrogen-bond donors (Lipinski definition) is 1. The lowest BCUT2D eigenvalue weighted by Gasteiger charge is -2.21. The molecule has 112 valence electrons. The van der Waals surface area contributed by atoms with Gasteiger partial charge in [-0.1, -0.05) is 12.1 Å². The summed E-state index contributed by atoms with van der Waals surface area (Å²) in [6, 6.07) is 9.92. The minimum Gasteiger partial charge on any atom is -0.327 e. The summed E-state index contributed by atoms with van der Waals surface area (Å²) in [5.74, 6) is 1.12. The van der Waals surface area contributed by atoms with Gasteiger partial charge in [-0.3, -0.25) is 4.90 Å². The van der Waals surface area contributed by atoms with E-state index in [-0.39, 0.29) is 0 Å². The molecule has 2 fully saturated rings. The first-order valence-corrected chi connectivity index (χ1v) is 8.22. The lowest BCUT2D eigenvalue weighted by molar-refractivity contribution is 0.298. The first kappa shape index (κ1) is 13.3. The Morgan fingerprint density at radius 3 is 3.10 bits per heavy atom. The van der Waals surface area contributed by atoms with Gasteiger partial charge in [-0.15, -0.1) is 0 Å². The molecule has 2 unspecified atom stereocenters. The van der Waals surface area contributed by atoms with E-state index in [0.29, 0.717) is 6.04 Å². The summed E-state index contributed by atoms with van der Waals surface area (Å²) in [6.45, 7) is 6.75. The van der Waals surface area contributed by atoms with Gasteiger partial charge in [0.05, 0.1) is 11.0 Å². The van der Waals surface area contributed by atoms with Crippen LogP contribution in [0.3, 0.4) is 0 Å². The Kier molecular flexibility index (Phi) is 3.43. The van der Waals surface area contributed by atoms with E-state index in [9.17, 15) is 0 Å². The zero-order chi connectivity index (χ0) is 14.2. The third-order valence-electron chi connectivity index (χ3n) is 5.19. The molecule has 0 bridgehead atoms. The Balaban J connectivity index is 1.41. The number of benzene rings is 1. The van der Waals surface area contributed by atoms with E-state index in [2.05, 4.69) is 51.0 Å². The maximum atomic E-state index is 4.64. The first-order valence-electron chi connectivity index (χ1n) is 8.22. The van der Waals surface area contributed by atoms with Crippen LogP contribution in [-0.4, -0.2) is 46.2 Å². The summed E-state index contributed by atoms with van der Waals surface area (Å²) >= 11 is 0. The van der Waals surface area contributed by atoms with Crippen LogP contribution in [-0.2, 0) is 6.54 Å². The third-order valence-corrected chi connectivity index (χ3v) is 5.19. The predicted octanol–water partition coefficient (Wildman–Crippen LogP) is 2.17. The van der Waals surface area contributed by atoms with E-state index in [0.717, 1.165) is 30.5 Å². The Labute approximate surface area is 126 Å². The van der Waals surface area contributed by atoms with Crippen LogP contribution in [0.25, 0.3) is 11.0 Å². The fourth-order valence-electron chi connectivity index (χ4n) is 4.16. The molecule has 2 aliphatic heterocycles. The molecule has 4 nitrogen and oxygen atoms in total. The van der Waals surface area contributed by atoms with Crippen LogP contribution in [0.1, 0.15) is 25.1 Å². The maximum absolute atomic E-state index is 4.64. The highest BCUT2D eigenvalue weighted by atomic mass is 15.2. The maximum Gasteiger partial charge on any atom is 0.106 e. The zero-order valence-electron chi connectivity index (χ0n) is 12.8. The molecule has 2 saturated heterocycles. The second-order valence-electron chi connectivity index (χ2n) is 6.39. The van der Waals surface area contributed by atoms with Crippen molar-refractivity contribution < 1.29 is 0 Å². The molecule has 1 N–H and O–H groups in total. The summed E-state index contributed by atoms with van der Waals surface area (Å²) in [5.41, 5.74) is 2.36. The van der Waals surface area contributed by atoms with Gasteiger partial charge in [0.15, 0.2) is 0 Å². The standard InChI is InChI=1S/C17H24N4/c1-13-19-15-5-2-3-6-17(15)21(13)12-9-18-14-8-11-20-10-4-7-16(14)20/h2-3,5-6,14,16,18H,4,7-12H2,1H3. The monoisotopic (exact) mass is 284 g/mol. The van der Waals surface area contributed by atoms with Crippen LogP contribution in [0.15, 0.2) is 24.3 Å². The van der Waals surface area contributed by atoms with Crippen molar-refractivity contribution in [1.82, 2.24) is 19.8 Å². The Morgan fingerprint density at radius 2 is 2.14 bits per heavy atom. The molecule has 3 heterocycles. The minimum absolute atomic E-state index is 0.697. The highest BCUT2D eigenvalue weighted by molar-refractivity contribution is 5.75. The van der Waals surface area contributed by atoms with E-state index < -0.39 is 0 Å². The fraction of sp³-hybridized carbons (Fsp3) is 0.588. The quantitative estimate of drug-likeness (QED) is 0.934. The molecule has 0 radical (unpaired) electrons. The molecule has 2 atom stereocenters. The smallest absolute Gasteiger partial charge is 0.106 e. The first-order chi connectivity index (χ1) is 10.3. The molecule has 0 saturated carbocycles. The van der Waals surface area contributed by atoms with Crippen molar-refractivity contribution in [3.05, 3.63) is 30.1 Å². The number of nitrogens with zero attached hydrogens (tertiary/aromatic N) is 3. The summed E-state index contributed by atoms with van der Waals surface area (Å²) in [4.78, 5) is 7.31. The van der Waals surface area contributed by atoms with Crippen molar-refractivity contribution >= 4 is 11.0 Å². The van der Waals surface area contributed by atoms with E-state index in [1.54, 1.807) is 0 Å². The normalized spacial score (nSPS) is 25.8. The molecule has 2 aromatic rings. The fourth-order valence-corrected chi connectivity index (χ4v) is 4.16. The number of imidazole rings is 1. The van der Waals surface area contributed by atoms with Gasteiger partial charge in [-0.05, 0) is 44.9 Å². The summed E-state index contributed by atoms with van der Waals surface area (Å²) < 4.78 is 2.34. The van der Waals surface area contributed by atoms with Crippen molar-refractivity contribution in [1.29, 1.82) is 0 Å². The Hall–Kier alpha value is -1.39. The van der Waals surface area contributed by atoms with Crippen molar-refractivity contribution in [2.45, 2.75) is 44.8 Å². The molecule has 0 aliphatic carbocycles. The van der Waals surface area contributed by atoms with E-state index in [1.807, 2.05) is 0 Å². The van der Waals surface area contributed by atoms with Gasteiger partial charge >= 0.3 is 0 Å². The number of fused-ring (bicyclic) bond motifs is 2. The van der Waals surface area contributed by atoms with Crippen LogP contribution in [0.5, 0.6) is 0 Å². The van der Waals surface area contributed by atoms with Crippen LogP contribution < -0.4 is 5.32 Å². The van der Waals surface area contributed by atoms with Gasteiger partial charge in [0, 0.05) is 31.7 Å². The third kappa shape index (κ3) is 2.36. The Morgan fingerprint density at radius 1 is 1.24 bits per heavy atom. The molecular formula is C17H24N4. The van der Waals surface area contributed by atoms with Crippen molar-refractivity contribution in [2.75, 3.05) is 19.6 Å².